The van der Waals surface area contributed by atoms with Crippen LogP contribution in [-0.2, 0) is 4.79 Å². The number of amides is 1. The largest absolute Gasteiger partial charge is 0.343 e. The average molecular weight is 339 g/mol. The summed E-state index contributed by atoms with van der Waals surface area (Å²) in [7, 11) is 0. The van der Waals surface area contributed by atoms with Gasteiger partial charge in [0.25, 0.3) is 0 Å². The summed E-state index contributed by atoms with van der Waals surface area (Å²) in [5.74, 6) is 0.307. The minimum absolute atomic E-state index is 0.307. The van der Waals surface area contributed by atoms with Gasteiger partial charge in [-0.1, -0.05) is 97.3 Å². The number of rotatable bonds is 18. The second-order valence-electron chi connectivity index (χ2n) is 7.23. The predicted molar refractivity (Wildman–Crippen MR) is 107 cm³/mol. The summed E-state index contributed by atoms with van der Waals surface area (Å²) in [6, 6.07) is 0. The van der Waals surface area contributed by atoms with Gasteiger partial charge < -0.3 is 4.90 Å². The van der Waals surface area contributed by atoms with Crippen LogP contribution in [-0.4, -0.2) is 23.9 Å². The van der Waals surface area contributed by atoms with Crippen molar-refractivity contribution in [2.45, 2.75) is 117 Å². The van der Waals surface area contributed by atoms with Crippen molar-refractivity contribution in [3.8, 4) is 0 Å². The first kappa shape index (κ1) is 23.5. The Kier molecular flexibility index (Phi) is 18.4. The lowest BCUT2D eigenvalue weighted by Gasteiger charge is -2.20. The molecule has 0 bridgehead atoms. The molecule has 0 aliphatic carbocycles. The van der Waals surface area contributed by atoms with Gasteiger partial charge in [0.05, 0.1) is 0 Å². The molecule has 143 valence electrons. The monoisotopic (exact) mass is 338 g/mol. The van der Waals surface area contributed by atoms with Crippen LogP contribution in [0.2, 0.25) is 0 Å². The number of unbranched alkanes of at least 4 members (excludes halogenated alkanes) is 13. The lowest BCUT2D eigenvalue weighted by molar-refractivity contribution is -0.130. The van der Waals surface area contributed by atoms with Crippen LogP contribution in [0.4, 0.5) is 0 Å². The Morgan fingerprint density at radius 1 is 0.667 bits per heavy atom. The van der Waals surface area contributed by atoms with E-state index in [1.54, 1.807) is 0 Å². The molecule has 1 amide bonds. The molecule has 0 spiro atoms. The van der Waals surface area contributed by atoms with E-state index in [-0.39, 0.29) is 0 Å². The number of carbonyl (C=O) groups is 1. The fourth-order valence-electron chi connectivity index (χ4n) is 3.16. The summed E-state index contributed by atoms with van der Waals surface area (Å²) in [4.78, 5) is 14.0. The zero-order valence-electron chi connectivity index (χ0n) is 16.8. The highest BCUT2D eigenvalue weighted by Gasteiger charge is 2.09. The van der Waals surface area contributed by atoms with Crippen LogP contribution in [0, 0.1) is 6.92 Å². The highest BCUT2D eigenvalue weighted by Crippen LogP contribution is 2.13. The van der Waals surface area contributed by atoms with E-state index in [0.29, 0.717) is 12.5 Å². The van der Waals surface area contributed by atoms with Crippen molar-refractivity contribution >= 4 is 5.91 Å². The van der Waals surface area contributed by atoms with E-state index in [0.717, 1.165) is 32.2 Å². The summed E-state index contributed by atoms with van der Waals surface area (Å²) in [5, 5.41) is 0. The van der Waals surface area contributed by atoms with Crippen molar-refractivity contribution in [3.63, 3.8) is 0 Å². The highest BCUT2D eigenvalue weighted by atomic mass is 16.2. The zero-order chi connectivity index (χ0) is 17.9. The smallest absolute Gasteiger partial charge is 0.222 e. The van der Waals surface area contributed by atoms with Crippen LogP contribution in [0.25, 0.3) is 0 Å². The summed E-state index contributed by atoms with van der Waals surface area (Å²) in [6.45, 7) is 9.83. The first-order chi connectivity index (χ1) is 11.8. The SMILES string of the molecule is [CH2]CN(CCCC)C(=O)CCCCCCCCCCCCCCC. The van der Waals surface area contributed by atoms with Gasteiger partial charge in [0, 0.05) is 19.5 Å². The van der Waals surface area contributed by atoms with Crippen molar-refractivity contribution < 1.29 is 4.79 Å². The maximum absolute atomic E-state index is 12.1. The van der Waals surface area contributed by atoms with Crippen LogP contribution >= 0.6 is 0 Å². The lowest BCUT2D eigenvalue weighted by Crippen LogP contribution is -2.31. The van der Waals surface area contributed by atoms with Gasteiger partial charge in [-0.25, -0.2) is 0 Å². The first-order valence-electron chi connectivity index (χ1n) is 10.8. The lowest BCUT2D eigenvalue weighted by atomic mass is 10.0. The molecule has 0 aromatic heterocycles. The van der Waals surface area contributed by atoms with Crippen molar-refractivity contribution in [2.75, 3.05) is 13.1 Å². The summed E-state index contributed by atoms with van der Waals surface area (Å²) in [6.07, 6.45) is 20.5. The fraction of sp³-hybridized carbons (Fsp3) is 0.909. The summed E-state index contributed by atoms with van der Waals surface area (Å²) in [5.41, 5.74) is 0. The molecule has 0 unspecified atom stereocenters. The number of hydrogen-bond acceptors (Lipinski definition) is 1. The van der Waals surface area contributed by atoms with Crippen molar-refractivity contribution in [2.24, 2.45) is 0 Å². The first-order valence-corrected chi connectivity index (χ1v) is 10.8. The second-order valence-corrected chi connectivity index (χ2v) is 7.23. The zero-order valence-corrected chi connectivity index (χ0v) is 16.8. The van der Waals surface area contributed by atoms with Crippen LogP contribution < -0.4 is 0 Å². The maximum Gasteiger partial charge on any atom is 0.222 e. The molecule has 0 saturated heterocycles. The summed E-state index contributed by atoms with van der Waals surface area (Å²) >= 11 is 0. The molecule has 2 heteroatoms. The minimum atomic E-state index is 0.307. The molecular weight excluding hydrogens is 294 g/mol. The number of hydrogen-bond donors (Lipinski definition) is 0. The van der Waals surface area contributed by atoms with Gasteiger partial charge in [-0.05, 0) is 19.8 Å². The van der Waals surface area contributed by atoms with E-state index in [1.807, 2.05) is 4.90 Å². The topological polar surface area (TPSA) is 20.3 Å². The van der Waals surface area contributed by atoms with Gasteiger partial charge >= 0.3 is 0 Å². The Morgan fingerprint density at radius 2 is 1.08 bits per heavy atom. The van der Waals surface area contributed by atoms with Crippen molar-refractivity contribution in [1.29, 1.82) is 0 Å². The Morgan fingerprint density at radius 3 is 1.50 bits per heavy atom. The van der Waals surface area contributed by atoms with Crippen molar-refractivity contribution in [1.82, 2.24) is 4.90 Å². The molecule has 0 N–H and O–H groups in total. The van der Waals surface area contributed by atoms with Gasteiger partial charge in [-0.2, -0.15) is 0 Å². The third-order valence-corrected chi connectivity index (χ3v) is 4.90. The van der Waals surface area contributed by atoms with Gasteiger partial charge in [0.1, 0.15) is 0 Å². The van der Waals surface area contributed by atoms with Crippen molar-refractivity contribution in [3.05, 3.63) is 6.92 Å². The second kappa shape index (κ2) is 18.8. The quantitative estimate of drug-likeness (QED) is 0.248. The molecule has 24 heavy (non-hydrogen) atoms. The van der Waals surface area contributed by atoms with E-state index >= 15 is 0 Å². The maximum atomic E-state index is 12.1. The third kappa shape index (κ3) is 15.0. The standard InChI is InChI=1S/C22H44NO/c1-4-7-9-10-11-12-13-14-15-16-17-18-19-20-22(24)23(6-3)21-8-5-2/h3-21H2,1-2H3. The van der Waals surface area contributed by atoms with E-state index in [4.69, 9.17) is 0 Å². The Bertz CT molecular complexity index is 265. The summed E-state index contributed by atoms with van der Waals surface area (Å²) < 4.78 is 0. The molecule has 0 fully saturated rings. The predicted octanol–water partition coefficient (Wildman–Crippen LogP) is 6.93. The van der Waals surface area contributed by atoms with Gasteiger partial charge in [-0.15, -0.1) is 0 Å². The number of nitrogens with zero attached hydrogens (tertiary/aromatic N) is 1. The van der Waals surface area contributed by atoms with Crippen LogP contribution in [0.1, 0.15) is 117 Å². The molecule has 0 heterocycles. The molecule has 1 radical (unpaired) electrons. The molecule has 0 rings (SSSR count). The fourth-order valence-corrected chi connectivity index (χ4v) is 3.16. The highest BCUT2D eigenvalue weighted by molar-refractivity contribution is 5.76. The van der Waals surface area contributed by atoms with E-state index in [1.165, 1.54) is 77.0 Å². The Balaban J connectivity index is 3.31. The Labute approximate surface area is 152 Å². The number of carbonyl (C=O) groups excluding carboxylic acids is 1. The molecule has 2 nitrogen and oxygen atoms in total. The van der Waals surface area contributed by atoms with Crippen LogP contribution in [0.15, 0.2) is 0 Å². The minimum Gasteiger partial charge on any atom is -0.343 e. The third-order valence-electron chi connectivity index (χ3n) is 4.90. The van der Waals surface area contributed by atoms with E-state index in [9.17, 15) is 4.79 Å². The van der Waals surface area contributed by atoms with Crippen LogP contribution in [0.5, 0.6) is 0 Å². The molecule has 0 aromatic rings. The molecule has 0 saturated carbocycles. The molecule has 0 aromatic carbocycles. The molecule has 0 aliphatic rings. The van der Waals surface area contributed by atoms with Crippen LogP contribution in [0.3, 0.4) is 0 Å². The van der Waals surface area contributed by atoms with Gasteiger partial charge in [0.15, 0.2) is 0 Å². The Hall–Kier alpha value is -0.530. The van der Waals surface area contributed by atoms with Gasteiger partial charge in [-0.3, -0.25) is 4.79 Å². The van der Waals surface area contributed by atoms with E-state index in [2.05, 4.69) is 20.8 Å². The molecule has 0 aliphatic heterocycles. The molecular formula is C22H44NO. The van der Waals surface area contributed by atoms with E-state index < -0.39 is 0 Å². The average Bonchev–Trinajstić information content (AvgIpc) is 2.59. The van der Waals surface area contributed by atoms with Gasteiger partial charge in [0.2, 0.25) is 5.91 Å². The normalized spacial score (nSPS) is 11.0. The molecule has 0 atom stereocenters.